The Morgan fingerprint density at radius 3 is 2.45 bits per heavy atom. The van der Waals surface area contributed by atoms with Gasteiger partial charge in [0.05, 0.1) is 6.67 Å². The maximum Gasteiger partial charge on any atom is 0.0628 e. The van der Waals surface area contributed by atoms with Crippen LogP contribution in [0.3, 0.4) is 0 Å². The number of anilines is 1. The molecule has 0 spiro atoms. The summed E-state index contributed by atoms with van der Waals surface area (Å²) in [5.74, 6) is 0. The minimum absolute atomic E-state index is 0.485. The van der Waals surface area contributed by atoms with Crippen LogP contribution in [-0.4, -0.2) is 12.9 Å². The predicted molar refractivity (Wildman–Crippen MR) is 50.9 cm³/mol. The first-order chi connectivity index (χ1) is 5.36. The van der Waals surface area contributed by atoms with Crippen LogP contribution in [0.5, 0.6) is 0 Å². The Balaban J connectivity index is 2.66. The molecule has 60 valence electrons. The Bertz CT molecular complexity index is 208. The summed E-state index contributed by atoms with van der Waals surface area (Å²) in [6.07, 6.45) is 2.06. The average Bonchev–Trinajstić information content (AvgIpc) is 2.07. The Morgan fingerprint density at radius 1 is 1.36 bits per heavy atom. The highest BCUT2D eigenvalue weighted by molar-refractivity contribution is 7.98. The van der Waals surface area contributed by atoms with Crippen molar-refractivity contribution in [3.8, 4) is 0 Å². The Morgan fingerprint density at radius 2 is 2.00 bits per heavy atom. The number of nitrogens with one attached hydrogen (secondary N) is 1. The zero-order chi connectivity index (χ0) is 8.10. The van der Waals surface area contributed by atoms with Crippen LogP contribution in [0.2, 0.25) is 0 Å². The summed E-state index contributed by atoms with van der Waals surface area (Å²) in [5, 5.41) is 3.03. The maximum atomic E-state index is 5.31. The lowest BCUT2D eigenvalue weighted by atomic mass is 10.3. The highest BCUT2D eigenvalue weighted by Gasteiger charge is 1.89. The van der Waals surface area contributed by atoms with E-state index in [1.165, 1.54) is 4.90 Å². The summed E-state index contributed by atoms with van der Waals surface area (Å²) < 4.78 is 0. The van der Waals surface area contributed by atoms with Crippen LogP contribution in [0.1, 0.15) is 0 Å². The van der Waals surface area contributed by atoms with E-state index in [1.54, 1.807) is 11.8 Å². The second-order valence-electron chi connectivity index (χ2n) is 2.11. The Hall–Kier alpha value is -0.670. The molecule has 0 aliphatic carbocycles. The highest BCUT2D eigenvalue weighted by Crippen LogP contribution is 2.16. The molecule has 1 aromatic rings. The lowest BCUT2D eigenvalue weighted by molar-refractivity contribution is 1.14. The van der Waals surface area contributed by atoms with Crippen molar-refractivity contribution in [2.24, 2.45) is 5.73 Å². The molecule has 0 fully saturated rings. The highest BCUT2D eigenvalue weighted by atomic mass is 32.2. The van der Waals surface area contributed by atoms with Gasteiger partial charge >= 0.3 is 0 Å². The van der Waals surface area contributed by atoms with Crippen molar-refractivity contribution in [2.45, 2.75) is 4.90 Å². The topological polar surface area (TPSA) is 38.0 Å². The summed E-state index contributed by atoms with van der Waals surface area (Å²) in [6, 6.07) is 8.20. The van der Waals surface area contributed by atoms with Crippen LogP contribution >= 0.6 is 11.8 Å². The van der Waals surface area contributed by atoms with Crippen molar-refractivity contribution < 1.29 is 0 Å². The minimum atomic E-state index is 0.485. The molecule has 3 N–H and O–H groups in total. The Labute approximate surface area is 71.2 Å². The minimum Gasteiger partial charge on any atom is -0.373 e. The first-order valence-electron chi connectivity index (χ1n) is 3.45. The number of thioether (sulfide) groups is 1. The molecular formula is C8H12N2S. The number of hydrogen-bond donors (Lipinski definition) is 2. The molecule has 3 heteroatoms. The van der Waals surface area contributed by atoms with E-state index >= 15 is 0 Å². The van der Waals surface area contributed by atoms with E-state index in [4.69, 9.17) is 5.73 Å². The van der Waals surface area contributed by atoms with Gasteiger partial charge in [-0.25, -0.2) is 0 Å². The SMILES string of the molecule is CSc1ccc(NCN)cc1. The number of rotatable bonds is 3. The first-order valence-corrected chi connectivity index (χ1v) is 4.67. The van der Waals surface area contributed by atoms with Crippen molar-refractivity contribution in [3.05, 3.63) is 24.3 Å². The quantitative estimate of drug-likeness (QED) is 0.533. The van der Waals surface area contributed by atoms with Crippen molar-refractivity contribution in [1.29, 1.82) is 0 Å². The van der Waals surface area contributed by atoms with E-state index in [2.05, 4.69) is 23.7 Å². The molecule has 0 saturated carbocycles. The number of nitrogens with two attached hydrogens (primary N) is 1. The molecule has 0 amide bonds. The van der Waals surface area contributed by atoms with Crippen LogP contribution < -0.4 is 11.1 Å². The molecular weight excluding hydrogens is 156 g/mol. The van der Waals surface area contributed by atoms with Gasteiger partial charge in [0.1, 0.15) is 0 Å². The van der Waals surface area contributed by atoms with Gasteiger partial charge in [0.15, 0.2) is 0 Å². The molecule has 1 rings (SSSR count). The smallest absolute Gasteiger partial charge is 0.0628 e. The fourth-order valence-corrected chi connectivity index (χ4v) is 1.23. The van der Waals surface area contributed by atoms with Crippen LogP contribution in [-0.2, 0) is 0 Å². The lowest BCUT2D eigenvalue weighted by Crippen LogP contribution is -2.10. The number of hydrogen-bond acceptors (Lipinski definition) is 3. The molecule has 0 atom stereocenters. The third kappa shape index (κ3) is 2.44. The fraction of sp³-hybridized carbons (Fsp3) is 0.250. The number of benzene rings is 1. The summed E-state index contributed by atoms with van der Waals surface area (Å²) in [4.78, 5) is 1.27. The van der Waals surface area contributed by atoms with Gasteiger partial charge in [-0.2, -0.15) is 0 Å². The zero-order valence-electron chi connectivity index (χ0n) is 6.50. The van der Waals surface area contributed by atoms with E-state index in [0.717, 1.165) is 5.69 Å². The van der Waals surface area contributed by atoms with E-state index in [-0.39, 0.29) is 0 Å². The van der Waals surface area contributed by atoms with Crippen molar-refractivity contribution in [1.82, 2.24) is 0 Å². The summed E-state index contributed by atoms with van der Waals surface area (Å²) in [5.41, 5.74) is 6.39. The molecule has 0 aliphatic heterocycles. The van der Waals surface area contributed by atoms with Crippen LogP contribution in [0.4, 0.5) is 5.69 Å². The van der Waals surface area contributed by atoms with Crippen molar-refractivity contribution >= 4 is 17.4 Å². The molecule has 1 aromatic carbocycles. The summed E-state index contributed by atoms with van der Waals surface area (Å²) in [6.45, 7) is 0.485. The lowest BCUT2D eigenvalue weighted by Gasteiger charge is -2.02. The van der Waals surface area contributed by atoms with Gasteiger partial charge in [-0.3, -0.25) is 0 Å². The van der Waals surface area contributed by atoms with E-state index in [1.807, 2.05) is 12.1 Å². The monoisotopic (exact) mass is 168 g/mol. The van der Waals surface area contributed by atoms with Gasteiger partial charge in [0.25, 0.3) is 0 Å². The predicted octanol–water partition coefficient (Wildman–Crippen LogP) is 1.74. The third-order valence-corrected chi connectivity index (χ3v) is 2.14. The molecule has 0 saturated heterocycles. The normalized spacial score (nSPS) is 9.64. The van der Waals surface area contributed by atoms with Crippen molar-refractivity contribution in [3.63, 3.8) is 0 Å². The third-order valence-electron chi connectivity index (χ3n) is 1.40. The maximum absolute atomic E-state index is 5.31. The molecule has 0 aliphatic rings. The largest absolute Gasteiger partial charge is 0.373 e. The van der Waals surface area contributed by atoms with Crippen LogP contribution in [0.15, 0.2) is 29.2 Å². The summed E-state index contributed by atoms with van der Waals surface area (Å²) >= 11 is 1.74. The Kier molecular flexibility index (Phi) is 3.26. The molecule has 0 heterocycles. The molecule has 0 aromatic heterocycles. The van der Waals surface area contributed by atoms with Gasteiger partial charge < -0.3 is 11.1 Å². The van der Waals surface area contributed by atoms with Crippen molar-refractivity contribution in [2.75, 3.05) is 18.2 Å². The van der Waals surface area contributed by atoms with E-state index in [0.29, 0.717) is 6.67 Å². The molecule has 0 bridgehead atoms. The average molecular weight is 168 g/mol. The first kappa shape index (κ1) is 8.43. The second kappa shape index (κ2) is 4.26. The molecule has 11 heavy (non-hydrogen) atoms. The van der Waals surface area contributed by atoms with Gasteiger partial charge in [-0.05, 0) is 30.5 Å². The fourth-order valence-electron chi connectivity index (χ4n) is 0.827. The zero-order valence-corrected chi connectivity index (χ0v) is 7.32. The molecule has 2 nitrogen and oxygen atoms in total. The van der Waals surface area contributed by atoms with Gasteiger partial charge in [0, 0.05) is 10.6 Å². The summed E-state index contributed by atoms with van der Waals surface area (Å²) in [7, 11) is 0. The van der Waals surface area contributed by atoms with Crippen LogP contribution in [0, 0.1) is 0 Å². The molecule has 0 unspecified atom stereocenters. The molecule has 0 radical (unpaired) electrons. The van der Waals surface area contributed by atoms with Gasteiger partial charge in [-0.1, -0.05) is 0 Å². The van der Waals surface area contributed by atoms with E-state index < -0.39 is 0 Å². The standard InChI is InChI=1S/C8H12N2S/c1-11-8-4-2-7(3-5-8)10-6-9/h2-5,10H,6,9H2,1H3. The van der Waals surface area contributed by atoms with Gasteiger partial charge in [0.2, 0.25) is 0 Å². The van der Waals surface area contributed by atoms with Crippen LogP contribution in [0.25, 0.3) is 0 Å². The van der Waals surface area contributed by atoms with Gasteiger partial charge in [-0.15, -0.1) is 11.8 Å². The van der Waals surface area contributed by atoms with E-state index in [9.17, 15) is 0 Å². The second-order valence-corrected chi connectivity index (χ2v) is 2.99.